The number of thiophene rings is 1. The highest BCUT2D eigenvalue weighted by molar-refractivity contribution is 7.12. The van der Waals surface area contributed by atoms with Crippen molar-refractivity contribution >= 4 is 34.5 Å². The fourth-order valence-corrected chi connectivity index (χ4v) is 3.86. The number of amides is 1. The Labute approximate surface area is 185 Å². The van der Waals surface area contributed by atoms with Crippen LogP contribution in [-0.4, -0.2) is 15.7 Å². The van der Waals surface area contributed by atoms with Gasteiger partial charge in [-0.15, -0.1) is 11.3 Å². The van der Waals surface area contributed by atoms with Crippen LogP contribution in [0.15, 0.2) is 66.3 Å². The highest BCUT2D eigenvalue weighted by Gasteiger charge is 2.12. The summed E-state index contributed by atoms with van der Waals surface area (Å²) in [5.41, 5.74) is 2.26. The van der Waals surface area contributed by atoms with Gasteiger partial charge in [-0.1, -0.05) is 23.7 Å². The number of aromatic nitrogens is 2. The first-order valence-corrected chi connectivity index (χ1v) is 10.5. The molecule has 0 aliphatic heterocycles. The Balaban J connectivity index is 1.34. The Morgan fingerprint density at radius 1 is 1.16 bits per heavy atom. The van der Waals surface area contributed by atoms with E-state index in [1.54, 1.807) is 34.6 Å². The number of carbonyl (C=O) groups is 1. The van der Waals surface area contributed by atoms with Crippen molar-refractivity contribution in [1.82, 2.24) is 9.78 Å². The maximum atomic E-state index is 13.6. The van der Waals surface area contributed by atoms with Gasteiger partial charge in [-0.3, -0.25) is 9.48 Å². The quantitative estimate of drug-likeness (QED) is 0.382. The van der Waals surface area contributed by atoms with Gasteiger partial charge in [0.25, 0.3) is 5.91 Å². The molecule has 31 heavy (non-hydrogen) atoms. The third-order valence-electron chi connectivity index (χ3n) is 4.29. The summed E-state index contributed by atoms with van der Waals surface area (Å²) < 4.78 is 33.7. The van der Waals surface area contributed by atoms with E-state index in [1.165, 1.54) is 17.4 Å². The molecule has 2 aromatic carbocycles. The lowest BCUT2D eigenvalue weighted by atomic mass is 10.2. The number of halogens is 3. The van der Waals surface area contributed by atoms with Gasteiger partial charge in [0.05, 0.1) is 23.3 Å². The molecule has 5 nitrogen and oxygen atoms in total. The Morgan fingerprint density at radius 3 is 2.84 bits per heavy atom. The molecule has 0 spiro atoms. The molecule has 2 heterocycles. The summed E-state index contributed by atoms with van der Waals surface area (Å²) in [7, 11) is 0. The zero-order valence-electron chi connectivity index (χ0n) is 16.0. The molecule has 0 fully saturated rings. The van der Waals surface area contributed by atoms with Crippen LogP contribution in [0, 0.1) is 11.6 Å². The van der Waals surface area contributed by atoms with Gasteiger partial charge >= 0.3 is 0 Å². The summed E-state index contributed by atoms with van der Waals surface area (Å²) in [4.78, 5) is 13.0. The van der Waals surface area contributed by atoms with Crippen LogP contribution in [-0.2, 0) is 13.2 Å². The first-order valence-electron chi connectivity index (χ1n) is 9.20. The summed E-state index contributed by atoms with van der Waals surface area (Å²) in [5, 5.41) is 9.45. The predicted molar refractivity (Wildman–Crippen MR) is 116 cm³/mol. The van der Waals surface area contributed by atoms with Crippen LogP contribution in [0.5, 0.6) is 5.75 Å². The second-order valence-electron chi connectivity index (χ2n) is 6.69. The molecule has 1 N–H and O–H groups in total. The third kappa shape index (κ3) is 5.48. The highest BCUT2D eigenvalue weighted by atomic mass is 35.5. The van der Waals surface area contributed by atoms with Gasteiger partial charge < -0.3 is 10.1 Å². The van der Waals surface area contributed by atoms with Gasteiger partial charge in [0.15, 0.2) is 11.6 Å². The molecule has 0 aliphatic rings. The standard InChI is InChI=1S/C22H16ClF2N3O2S/c23-16-3-1-2-14(6-16)10-28-11-18(9-26-28)27-22(29)21-7-15(13-31-21)12-30-20-5-4-17(24)8-19(20)25/h1-9,11,13H,10,12H2,(H,27,29). The minimum absolute atomic E-state index is 0.0503. The molecule has 0 unspecified atom stereocenters. The van der Waals surface area contributed by atoms with Crippen LogP contribution in [0.4, 0.5) is 14.5 Å². The lowest BCUT2D eigenvalue weighted by Gasteiger charge is -2.05. The van der Waals surface area contributed by atoms with Gasteiger partial charge in [-0.25, -0.2) is 8.78 Å². The summed E-state index contributed by atoms with van der Waals surface area (Å²) in [6, 6.07) is 12.2. The minimum Gasteiger partial charge on any atom is -0.486 e. The van der Waals surface area contributed by atoms with Gasteiger partial charge in [0.2, 0.25) is 0 Å². The lowest BCUT2D eigenvalue weighted by Crippen LogP contribution is -2.09. The van der Waals surface area contributed by atoms with Crippen LogP contribution in [0.2, 0.25) is 5.02 Å². The van der Waals surface area contributed by atoms with Crippen molar-refractivity contribution < 1.29 is 18.3 Å². The van der Waals surface area contributed by atoms with Crippen LogP contribution >= 0.6 is 22.9 Å². The molecule has 0 saturated heterocycles. The number of ether oxygens (including phenoxy) is 1. The Morgan fingerprint density at radius 2 is 2.03 bits per heavy atom. The van der Waals surface area contributed by atoms with E-state index < -0.39 is 11.6 Å². The fourth-order valence-electron chi connectivity index (χ4n) is 2.85. The summed E-state index contributed by atoms with van der Waals surface area (Å²) in [6.07, 6.45) is 3.30. The van der Waals surface area contributed by atoms with E-state index in [1.807, 2.05) is 18.2 Å². The van der Waals surface area contributed by atoms with E-state index >= 15 is 0 Å². The van der Waals surface area contributed by atoms with Crippen molar-refractivity contribution in [3.63, 3.8) is 0 Å². The first-order chi connectivity index (χ1) is 15.0. The first kappa shape index (κ1) is 21.0. The zero-order chi connectivity index (χ0) is 21.8. The van der Waals surface area contributed by atoms with E-state index in [-0.39, 0.29) is 18.3 Å². The summed E-state index contributed by atoms with van der Waals surface area (Å²) in [5.74, 6) is -1.78. The van der Waals surface area contributed by atoms with E-state index in [2.05, 4.69) is 10.4 Å². The summed E-state index contributed by atoms with van der Waals surface area (Å²) >= 11 is 7.24. The minimum atomic E-state index is -0.775. The van der Waals surface area contributed by atoms with Crippen LogP contribution < -0.4 is 10.1 Å². The van der Waals surface area contributed by atoms with E-state index in [4.69, 9.17) is 16.3 Å². The molecule has 4 aromatic rings. The zero-order valence-corrected chi connectivity index (χ0v) is 17.6. The second-order valence-corrected chi connectivity index (χ2v) is 8.04. The van der Waals surface area contributed by atoms with Gasteiger partial charge in [0, 0.05) is 22.8 Å². The molecule has 2 aromatic heterocycles. The number of benzene rings is 2. The van der Waals surface area contributed by atoms with Crippen molar-refractivity contribution in [3.8, 4) is 5.75 Å². The van der Waals surface area contributed by atoms with Gasteiger partial charge in [0.1, 0.15) is 12.4 Å². The fraction of sp³-hybridized carbons (Fsp3) is 0.0909. The van der Waals surface area contributed by atoms with Gasteiger partial charge in [-0.05, 0) is 41.3 Å². The van der Waals surface area contributed by atoms with Crippen LogP contribution in [0.3, 0.4) is 0 Å². The van der Waals surface area contributed by atoms with E-state index in [0.717, 1.165) is 17.7 Å². The van der Waals surface area contributed by atoms with E-state index in [0.29, 0.717) is 27.7 Å². The smallest absolute Gasteiger partial charge is 0.265 e. The molecular weight excluding hydrogens is 444 g/mol. The van der Waals surface area contributed by atoms with Crippen molar-refractivity contribution in [2.45, 2.75) is 13.2 Å². The molecule has 0 radical (unpaired) electrons. The van der Waals surface area contributed by atoms with Crippen molar-refractivity contribution in [2.24, 2.45) is 0 Å². The number of carbonyl (C=O) groups excluding carboxylic acids is 1. The normalized spacial score (nSPS) is 10.8. The Hall–Kier alpha value is -3.23. The lowest BCUT2D eigenvalue weighted by molar-refractivity contribution is 0.103. The third-order valence-corrected chi connectivity index (χ3v) is 5.50. The monoisotopic (exact) mass is 459 g/mol. The number of nitrogens with zero attached hydrogens (tertiary/aromatic N) is 2. The summed E-state index contributed by atoms with van der Waals surface area (Å²) in [6.45, 7) is 0.584. The molecule has 4 rings (SSSR count). The molecule has 9 heteroatoms. The van der Waals surface area contributed by atoms with Crippen molar-refractivity contribution in [2.75, 3.05) is 5.32 Å². The molecule has 0 bridgehead atoms. The molecule has 0 aliphatic carbocycles. The van der Waals surface area contributed by atoms with Crippen LogP contribution in [0.1, 0.15) is 20.8 Å². The average Bonchev–Trinajstić information content (AvgIpc) is 3.37. The molecule has 0 atom stereocenters. The highest BCUT2D eigenvalue weighted by Crippen LogP contribution is 2.22. The largest absolute Gasteiger partial charge is 0.486 e. The number of hydrogen-bond donors (Lipinski definition) is 1. The van der Waals surface area contributed by atoms with Gasteiger partial charge in [-0.2, -0.15) is 5.10 Å². The second kappa shape index (κ2) is 9.28. The topological polar surface area (TPSA) is 56.2 Å². The molecule has 158 valence electrons. The Bertz CT molecular complexity index is 1220. The number of nitrogens with one attached hydrogen (secondary N) is 1. The number of hydrogen-bond acceptors (Lipinski definition) is 4. The maximum absolute atomic E-state index is 13.6. The van der Waals surface area contributed by atoms with Crippen LogP contribution in [0.25, 0.3) is 0 Å². The van der Waals surface area contributed by atoms with Crippen molar-refractivity contribution in [1.29, 1.82) is 0 Å². The SMILES string of the molecule is O=C(Nc1cnn(Cc2cccc(Cl)c2)c1)c1cc(COc2ccc(F)cc2F)cs1. The van der Waals surface area contributed by atoms with E-state index in [9.17, 15) is 13.6 Å². The maximum Gasteiger partial charge on any atom is 0.265 e. The Kier molecular flexibility index (Phi) is 6.29. The predicted octanol–water partition coefficient (Wildman–Crippen LogP) is 5.76. The number of anilines is 1. The van der Waals surface area contributed by atoms with Crippen molar-refractivity contribution in [3.05, 3.63) is 99.0 Å². The number of rotatable bonds is 7. The molecular formula is C22H16ClF2N3O2S. The average molecular weight is 460 g/mol. The molecule has 1 amide bonds. The molecule has 0 saturated carbocycles.